The molecule has 0 aromatic rings. The minimum absolute atomic E-state index is 0.908. The van der Waals surface area contributed by atoms with Gasteiger partial charge in [0.25, 0.3) is 0 Å². The molecule has 94 valence electrons. The van der Waals surface area contributed by atoms with E-state index in [-0.39, 0.29) is 0 Å². The Morgan fingerprint density at radius 3 is 2.50 bits per heavy atom. The number of likely N-dealkylation sites (tertiary alicyclic amines) is 1. The molecule has 0 atom stereocenters. The Hall–Kier alpha value is -0.120. The fraction of sp³-hybridized carbons (Fsp3) is 1.00. The first-order chi connectivity index (χ1) is 7.75. The Morgan fingerprint density at radius 1 is 1.19 bits per heavy atom. The van der Waals surface area contributed by atoms with Crippen LogP contribution in [0.25, 0.3) is 0 Å². The Bertz CT molecular complexity index is 195. The average molecular weight is 225 g/mol. The standard InChI is InChI=1S/C13H27N3/c1-15-8-5-12(6-9-15)11-14-7-10-16(2)13-3-4-13/h12-14H,3-11H2,1-2H3. The lowest BCUT2D eigenvalue weighted by Gasteiger charge is -2.29. The van der Waals surface area contributed by atoms with E-state index in [2.05, 4.69) is 29.2 Å². The molecule has 1 N–H and O–H groups in total. The number of piperidine rings is 1. The minimum Gasteiger partial charge on any atom is -0.315 e. The van der Waals surface area contributed by atoms with E-state index in [4.69, 9.17) is 0 Å². The van der Waals surface area contributed by atoms with Gasteiger partial charge in [0.1, 0.15) is 0 Å². The predicted molar refractivity (Wildman–Crippen MR) is 68.7 cm³/mol. The summed E-state index contributed by atoms with van der Waals surface area (Å²) in [6, 6.07) is 0.908. The molecule has 0 spiro atoms. The van der Waals surface area contributed by atoms with Crippen LogP contribution in [0.15, 0.2) is 0 Å². The molecular weight excluding hydrogens is 198 g/mol. The van der Waals surface area contributed by atoms with E-state index in [0.29, 0.717) is 0 Å². The Labute approximate surface area is 100 Å². The quantitative estimate of drug-likeness (QED) is 0.681. The summed E-state index contributed by atoms with van der Waals surface area (Å²) in [4.78, 5) is 4.94. The van der Waals surface area contributed by atoms with Gasteiger partial charge in [-0.15, -0.1) is 0 Å². The number of nitrogens with zero attached hydrogens (tertiary/aromatic N) is 2. The molecule has 2 fully saturated rings. The highest BCUT2D eigenvalue weighted by Gasteiger charge is 2.25. The van der Waals surface area contributed by atoms with Gasteiger partial charge in [-0.25, -0.2) is 0 Å². The van der Waals surface area contributed by atoms with Crippen molar-refractivity contribution in [2.75, 3.05) is 46.8 Å². The van der Waals surface area contributed by atoms with E-state index >= 15 is 0 Å². The van der Waals surface area contributed by atoms with Crippen molar-refractivity contribution in [3.8, 4) is 0 Å². The topological polar surface area (TPSA) is 18.5 Å². The van der Waals surface area contributed by atoms with E-state index in [1.807, 2.05) is 0 Å². The van der Waals surface area contributed by atoms with Gasteiger partial charge in [-0.1, -0.05) is 0 Å². The highest BCUT2D eigenvalue weighted by Crippen LogP contribution is 2.24. The van der Waals surface area contributed by atoms with Crippen molar-refractivity contribution in [2.45, 2.75) is 31.7 Å². The van der Waals surface area contributed by atoms with Crippen LogP contribution in [0.1, 0.15) is 25.7 Å². The van der Waals surface area contributed by atoms with Gasteiger partial charge in [0.05, 0.1) is 0 Å². The van der Waals surface area contributed by atoms with Crippen molar-refractivity contribution in [3.05, 3.63) is 0 Å². The zero-order chi connectivity index (χ0) is 11.4. The first-order valence-electron chi connectivity index (χ1n) is 6.85. The Balaban J connectivity index is 1.47. The normalized spacial score (nSPS) is 24.2. The zero-order valence-corrected chi connectivity index (χ0v) is 10.9. The van der Waals surface area contributed by atoms with Crippen LogP contribution >= 0.6 is 0 Å². The molecule has 0 radical (unpaired) electrons. The largest absolute Gasteiger partial charge is 0.315 e. The molecule has 2 aliphatic rings. The molecule has 1 aliphatic carbocycles. The second-order valence-corrected chi connectivity index (χ2v) is 5.66. The molecule has 1 heterocycles. The van der Waals surface area contributed by atoms with E-state index in [1.165, 1.54) is 58.4 Å². The van der Waals surface area contributed by atoms with Gasteiger partial charge in [0.2, 0.25) is 0 Å². The second kappa shape index (κ2) is 5.99. The van der Waals surface area contributed by atoms with E-state index in [1.54, 1.807) is 0 Å². The third kappa shape index (κ3) is 4.04. The van der Waals surface area contributed by atoms with Crippen LogP contribution in [0.3, 0.4) is 0 Å². The van der Waals surface area contributed by atoms with Crippen molar-refractivity contribution in [1.29, 1.82) is 0 Å². The van der Waals surface area contributed by atoms with Crippen LogP contribution in [-0.4, -0.2) is 62.7 Å². The predicted octanol–water partition coefficient (Wildman–Crippen LogP) is 1.01. The lowest BCUT2D eigenvalue weighted by Crippen LogP contribution is -2.37. The molecule has 0 unspecified atom stereocenters. The van der Waals surface area contributed by atoms with Crippen LogP contribution in [0.4, 0.5) is 0 Å². The number of hydrogen-bond acceptors (Lipinski definition) is 3. The van der Waals surface area contributed by atoms with Gasteiger partial charge in [-0.2, -0.15) is 0 Å². The highest BCUT2D eigenvalue weighted by molar-refractivity contribution is 4.82. The van der Waals surface area contributed by atoms with Gasteiger partial charge in [0.15, 0.2) is 0 Å². The molecule has 1 saturated heterocycles. The number of rotatable bonds is 6. The van der Waals surface area contributed by atoms with Crippen molar-refractivity contribution < 1.29 is 0 Å². The summed E-state index contributed by atoms with van der Waals surface area (Å²) < 4.78 is 0. The van der Waals surface area contributed by atoms with Gasteiger partial charge < -0.3 is 15.1 Å². The fourth-order valence-corrected chi connectivity index (χ4v) is 2.53. The van der Waals surface area contributed by atoms with Crippen LogP contribution < -0.4 is 5.32 Å². The molecule has 2 rings (SSSR count). The van der Waals surface area contributed by atoms with Crippen LogP contribution in [0.5, 0.6) is 0 Å². The lowest BCUT2D eigenvalue weighted by atomic mass is 9.97. The van der Waals surface area contributed by atoms with Gasteiger partial charge in [-0.3, -0.25) is 0 Å². The van der Waals surface area contributed by atoms with Crippen molar-refractivity contribution in [1.82, 2.24) is 15.1 Å². The summed E-state index contributed by atoms with van der Waals surface area (Å²) >= 11 is 0. The fourth-order valence-electron chi connectivity index (χ4n) is 2.53. The zero-order valence-electron chi connectivity index (χ0n) is 10.9. The average Bonchev–Trinajstić information content (AvgIpc) is 3.10. The molecular formula is C13H27N3. The van der Waals surface area contributed by atoms with Gasteiger partial charge in [-0.05, 0) is 65.3 Å². The van der Waals surface area contributed by atoms with Gasteiger partial charge >= 0.3 is 0 Å². The highest BCUT2D eigenvalue weighted by atomic mass is 15.2. The molecule has 3 nitrogen and oxygen atoms in total. The van der Waals surface area contributed by atoms with Crippen LogP contribution in [0, 0.1) is 5.92 Å². The van der Waals surface area contributed by atoms with E-state index in [9.17, 15) is 0 Å². The minimum atomic E-state index is 0.908. The van der Waals surface area contributed by atoms with Crippen LogP contribution in [0.2, 0.25) is 0 Å². The first-order valence-corrected chi connectivity index (χ1v) is 6.85. The summed E-state index contributed by atoms with van der Waals surface area (Å²) in [5, 5.41) is 3.62. The lowest BCUT2D eigenvalue weighted by molar-refractivity contribution is 0.214. The number of likely N-dealkylation sites (N-methyl/N-ethyl adjacent to an activating group) is 1. The maximum absolute atomic E-state index is 3.62. The molecule has 1 saturated carbocycles. The number of nitrogens with one attached hydrogen (secondary N) is 1. The molecule has 0 amide bonds. The smallest absolute Gasteiger partial charge is 0.0107 e. The van der Waals surface area contributed by atoms with E-state index in [0.717, 1.165) is 12.0 Å². The third-order valence-corrected chi connectivity index (χ3v) is 4.08. The summed E-state index contributed by atoms with van der Waals surface area (Å²) in [5.74, 6) is 0.919. The molecule has 16 heavy (non-hydrogen) atoms. The van der Waals surface area contributed by atoms with Crippen molar-refractivity contribution in [2.24, 2.45) is 5.92 Å². The molecule has 3 heteroatoms. The van der Waals surface area contributed by atoms with Crippen molar-refractivity contribution in [3.63, 3.8) is 0 Å². The first kappa shape index (κ1) is 12.3. The summed E-state index contributed by atoms with van der Waals surface area (Å²) in [6.45, 7) is 6.19. The maximum Gasteiger partial charge on any atom is 0.0107 e. The van der Waals surface area contributed by atoms with Gasteiger partial charge in [0, 0.05) is 19.1 Å². The van der Waals surface area contributed by atoms with Crippen LogP contribution in [-0.2, 0) is 0 Å². The SMILES string of the molecule is CN1CCC(CNCCN(C)C2CC2)CC1. The maximum atomic E-state index is 3.62. The monoisotopic (exact) mass is 225 g/mol. The van der Waals surface area contributed by atoms with Crippen molar-refractivity contribution >= 4 is 0 Å². The summed E-state index contributed by atoms with van der Waals surface area (Å²) in [5.41, 5.74) is 0. The molecule has 0 aromatic heterocycles. The molecule has 0 bridgehead atoms. The Morgan fingerprint density at radius 2 is 1.88 bits per heavy atom. The molecule has 0 aromatic carbocycles. The third-order valence-electron chi connectivity index (χ3n) is 4.08. The molecule has 1 aliphatic heterocycles. The second-order valence-electron chi connectivity index (χ2n) is 5.66. The summed E-state index contributed by atoms with van der Waals surface area (Å²) in [6.07, 6.45) is 5.60. The number of hydrogen-bond donors (Lipinski definition) is 1. The summed E-state index contributed by atoms with van der Waals surface area (Å²) in [7, 11) is 4.49. The Kier molecular flexibility index (Phi) is 4.62. The van der Waals surface area contributed by atoms with E-state index < -0.39 is 0 Å².